The Bertz CT molecular complexity index is 762. The molecule has 7 nitrogen and oxygen atoms in total. The molecule has 4 unspecified atom stereocenters. The zero-order chi connectivity index (χ0) is 22.9. The summed E-state index contributed by atoms with van der Waals surface area (Å²) >= 11 is 0. The van der Waals surface area contributed by atoms with Gasteiger partial charge in [-0.05, 0) is 56.6 Å². The van der Waals surface area contributed by atoms with E-state index in [0.717, 1.165) is 25.7 Å². The number of aliphatic hydroxyl groups is 2. The van der Waals surface area contributed by atoms with Gasteiger partial charge in [0.05, 0.1) is 17.9 Å². The van der Waals surface area contributed by atoms with Gasteiger partial charge in [-0.25, -0.2) is 4.39 Å². The number of ether oxygens (including phenoxy) is 1. The Morgan fingerprint density at radius 3 is 2.59 bits per heavy atom. The first-order valence-electron chi connectivity index (χ1n) is 10.9. The summed E-state index contributed by atoms with van der Waals surface area (Å²) in [5.74, 6) is -0.604. The van der Waals surface area contributed by atoms with Crippen molar-refractivity contribution in [3.63, 3.8) is 0 Å². The third kappa shape index (κ3) is 10.2. The van der Waals surface area contributed by atoms with E-state index in [9.17, 15) is 29.3 Å². The summed E-state index contributed by atoms with van der Waals surface area (Å²) in [5.41, 5.74) is 0.540. The van der Waals surface area contributed by atoms with Crippen LogP contribution >= 0.6 is 7.37 Å². The molecule has 1 aromatic rings. The summed E-state index contributed by atoms with van der Waals surface area (Å²) < 4.78 is 30.2. The van der Waals surface area contributed by atoms with E-state index in [-0.39, 0.29) is 59.9 Å². The van der Waals surface area contributed by atoms with E-state index in [1.165, 1.54) is 18.8 Å². The van der Waals surface area contributed by atoms with Gasteiger partial charge in [-0.15, -0.1) is 0 Å². The number of unbranched alkanes of at least 4 members (excludes halogenated alkanes) is 3. The van der Waals surface area contributed by atoms with Gasteiger partial charge in [0.25, 0.3) is 0 Å². The van der Waals surface area contributed by atoms with Crippen molar-refractivity contribution in [1.82, 2.24) is 0 Å². The topological polar surface area (TPSA) is 122 Å². The van der Waals surface area contributed by atoms with Crippen LogP contribution in [0.1, 0.15) is 51.4 Å². The van der Waals surface area contributed by atoms with Gasteiger partial charge in [-0.3, -0.25) is 0 Å². The van der Waals surface area contributed by atoms with Crippen molar-refractivity contribution in [3.05, 3.63) is 30.1 Å². The van der Waals surface area contributed by atoms with Crippen LogP contribution in [0.5, 0.6) is 5.75 Å². The van der Waals surface area contributed by atoms with Crippen LogP contribution in [-0.2, 0) is 4.57 Å². The second kappa shape index (κ2) is 14.7. The quantitative estimate of drug-likeness (QED) is 0.123. The van der Waals surface area contributed by atoms with E-state index in [0.29, 0.717) is 31.4 Å². The first-order chi connectivity index (χ1) is 14.7. The second-order valence-electron chi connectivity index (χ2n) is 8.55. The Balaban J connectivity index is 0.00000512. The zero-order valence-electron chi connectivity index (χ0n) is 19.0. The molecule has 2 rings (SSSR count). The fourth-order valence-corrected chi connectivity index (χ4v) is 5.06. The Labute approximate surface area is 211 Å². The fraction of sp³-hybridized carbons (Fsp3) is 0.682. The number of oxime groups is 1. The van der Waals surface area contributed by atoms with Crippen LogP contribution in [-0.4, -0.2) is 52.8 Å². The van der Waals surface area contributed by atoms with Crippen LogP contribution in [0.25, 0.3) is 0 Å². The molecule has 0 amide bonds. The molecule has 0 bridgehead atoms. The number of nitrogens with zero attached hydrogens (tertiary/aromatic N) is 1. The molecule has 0 heterocycles. The van der Waals surface area contributed by atoms with Crippen molar-refractivity contribution < 1.29 is 63.6 Å². The molecule has 0 saturated heterocycles. The molecule has 0 radical (unpaired) electrons. The van der Waals surface area contributed by atoms with Gasteiger partial charge in [0, 0.05) is 19.7 Å². The third-order valence-corrected chi connectivity index (χ3v) is 7.04. The number of para-hydroxylation sites is 1. The molecule has 5 atom stereocenters. The number of rotatable bonds is 13. The van der Waals surface area contributed by atoms with E-state index in [1.807, 2.05) is 0 Å². The van der Waals surface area contributed by atoms with E-state index in [1.54, 1.807) is 12.1 Å². The maximum atomic E-state index is 13.6. The maximum Gasteiger partial charge on any atom is 1.00 e. The van der Waals surface area contributed by atoms with Crippen LogP contribution in [0.2, 0.25) is 0 Å². The van der Waals surface area contributed by atoms with Crippen molar-refractivity contribution in [2.45, 2.75) is 63.6 Å². The van der Waals surface area contributed by atoms with Crippen LogP contribution < -0.4 is 39.2 Å². The van der Waals surface area contributed by atoms with E-state index in [4.69, 9.17) is 4.74 Å². The molecule has 1 aliphatic carbocycles. The van der Waals surface area contributed by atoms with Crippen molar-refractivity contribution in [3.8, 4) is 5.75 Å². The summed E-state index contributed by atoms with van der Waals surface area (Å²) in [4.78, 5) is 11.2. The number of hydrogen-bond acceptors (Lipinski definition) is 7. The minimum atomic E-state index is -3.20. The van der Waals surface area contributed by atoms with Gasteiger partial charge in [-0.2, -0.15) is 0 Å². The SMILES string of the molecule is CP(=O)([O-])CCCCCC[C@H]1C(O)C/C(=N/O)C1CCC(O)COc1ccccc1F.[Na+]. The van der Waals surface area contributed by atoms with Crippen LogP contribution in [0.15, 0.2) is 29.4 Å². The van der Waals surface area contributed by atoms with Crippen LogP contribution in [0, 0.1) is 17.7 Å². The number of aliphatic hydroxyl groups excluding tert-OH is 2. The predicted molar refractivity (Wildman–Crippen MR) is 115 cm³/mol. The Morgan fingerprint density at radius 2 is 1.94 bits per heavy atom. The van der Waals surface area contributed by atoms with Crippen LogP contribution in [0.4, 0.5) is 4.39 Å². The fourth-order valence-electron chi connectivity index (χ4n) is 4.26. The Kier molecular flexibility index (Phi) is 13.6. The molecule has 176 valence electrons. The number of hydrogen-bond donors (Lipinski definition) is 3. The first-order valence-corrected chi connectivity index (χ1v) is 13.2. The normalized spacial score (nSPS) is 24.7. The third-order valence-electron chi connectivity index (χ3n) is 5.92. The molecule has 1 aromatic carbocycles. The van der Waals surface area contributed by atoms with Gasteiger partial charge in [0.15, 0.2) is 11.6 Å². The molecule has 1 aliphatic rings. The molecule has 1 saturated carbocycles. The van der Waals surface area contributed by atoms with Gasteiger partial charge < -0.3 is 29.6 Å². The van der Waals surface area contributed by atoms with Crippen LogP contribution in [0.3, 0.4) is 0 Å². The smallest absolute Gasteiger partial charge is 0.799 e. The average molecular weight is 481 g/mol. The predicted octanol–water partition coefficient (Wildman–Crippen LogP) is 0.396. The van der Waals surface area contributed by atoms with Crippen molar-refractivity contribution in [2.24, 2.45) is 17.0 Å². The van der Waals surface area contributed by atoms with E-state index in [2.05, 4.69) is 5.16 Å². The molecule has 10 heteroatoms. The molecule has 32 heavy (non-hydrogen) atoms. The largest absolute Gasteiger partial charge is 1.00 e. The Morgan fingerprint density at radius 1 is 1.25 bits per heavy atom. The standard InChI is InChI=1S/C22H35FNO6P.Na/c1-31(28,29)13-7-3-2-4-8-18-17(20(24-27)14-21(18)26)12-11-16(25)15-30-22-10-6-5-9-19(22)23;/h5-6,9-10,16-18,21,25-27H,2-4,7-8,11-15H2,1H3,(H,28,29);/q;+1/p-1/b24-20-;/t16?,17?,18-,21?;/m1./s1. The molecular weight excluding hydrogens is 447 g/mol. The molecule has 1 fully saturated rings. The Hall–Kier alpha value is -0.470. The average Bonchev–Trinajstić information content (AvgIpc) is 3.02. The minimum Gasteiger partial charge on any atom is -0.799 e. The minimum absolute atomic E-state index is 0. The first kappa shape index (κ1) is 29.6. The van der Waals surface area contributed by atoms with Gasteiger partial charge in [0.2, 0.25) is 0 Å². The summed E-state index contributed by atoms with van der Waals surface area (Å²) in [7, 11) is -3.20. The van der Waals surface area contributed by atoms with Crippen molar-refractivity contribution >= 4 is 13.1 Å². The summed E-state index contributed by atoms with van der Waals surface area (Å²) in [6.45, 7) is 1.21. The van der Waals surface area contributed by atoms with E-state index >= 15 is 0 Å². The second-order valence-corrected chi connectivity index (χ2v) is 11.0. The molecular formula is C22H34FNNaO6P. The van der Waals surface area contributed by atoms with Crippen molar-refractivity contribution in [2.75, 3.05) is 19.4 Å². The van der Waals surface area contributed by atoms with Gasteiger partial charge in [0.1, 0.15) is 6.61 Å². The number of benzene rings is 1. The molecule has 0 spiro atoms. The molecule has 3 N–H and O–H groups in total. The molecule has 0 aliphatic heterocycles. The van der Waals surface area contributed by atoms with Crippen molar-refractivity contribution in [1.29, 1.82) is 0 Å². The molecule has 0 aromatic heterocycles. The maximum absolute atomic E-state index is 13.6. The van der Waals surface area contributed by atoms with E-state index < -0.39 is 25.4 Å². The van der Waals surface area contributed by atoms with Gasteiger partial charge in [-0.1, -0.05) is 36.6 Å². The summed E-state index contributed by atoms with van der Waals surface area (Å²) in [6, 6.07) is 6.00. The summed E-state index contributed by atoms with van der Waals surface area (Å²) in [5, 5.41) is 33.4. The van der Waals surface area contributed by atoms with Gasteiger partial charge >= 0.3 is 29.6 Å². The number of halogens is 1. The summed E-state index contributed by atoms with van der Waals surface area (Å²) in [6.07, 6.45) is 3.95. The zero-order valence-corrected chi connectivity index (χ0v) is 21.9. The monoisotopic (exact) mass is 481 g/mol.